The summed E-state index contributed by atoms with van der Waals surface area (Å²) in [5.74, 6) is 0.101. The number of fused-ring (bicyclic) bond motifs is 1. The molecule has 4 nitrogen and oxygen atoms in total. The van der Waals surface area contributed by atoms with Gasteiger partial charge in [-0.3, -0.25) is 10.2 Å². The van der Waals surface area contributed by atoms with Crippen LogP contribution >= 0.6 is 12.2 Å². The third kappa shape index (κ3) is 3.81. The van der Waals surface area contributed by atoms with Gasteiger partial charge in [0, 0.05) is 17.7 Å². The Morgan fingerprint density at radius 3 is 2.52 bits per heavy atom. The smallest absolute Gasteiger partial charge is 0.186 e. The van der Waals surface area contributed by atoms with E-state index in [4.69, 9.17) is 12.2 Å². The largest absolute Gasteiger partial charge is 0.361 e. The van der Waals surface area contributed by atoms with Crippen molar-refractivity contribution in [2.24, 2.45) is 5.10 Å². The van der Waals surface area contributed by atoms with Crippen LogP contribution in [0, 0.1) is 0 Å². The minimum absolute atomic E-state index is 0.101. The first-order valence-electron chi connectivity index (χ1n) is 7.51. The van der Waals surface area contributed by atoms with Crippen molar-refractivity contribution in [2.45, 2.75) is 12.8 Å². The Morgan fingerprint density at radius 1 is 1.04 bits per heavy atom. The van der Waals surface area contributed by atoms with Gasteiger partial charge in [0.15, 0.2) is 10.9 Å². The molecule has 0 aromatic heterocycles. The van der Waals surface area contributed by atoms with Crippen molar-refractivity contribution in [1.82, 2.24) is 10.7 Å². The quantitative estimate of drug-likeness (QED) is 0.671. The Labute approximate surface area is 140 Å². The molecule has 0 amide bonds. The first-order chi connectivity index (χ1) is 11.2. The van der Waals surface area contributed by atoms with Crippen LogP contribution in [0.3, 0.4) is 0 Å². The molecule has 116 valence electrons. The molecular formula is C18H17N3OS. The lowest BCUT2D eigenvalue weighted by atomic mass is 10.1. The third-order valence-electron chi connectivity index (χ3n) is 3.70. The molecule has 3 rings (SSSR count). The number of carbonyl (C=O) groups is 1. The topological polar surface area (TPSA) is 53.5 Å². The molecule has 1 aliphatic carbocycles. The van der Waals surface area contributed by atoms with E-state index in [1.807, 2.05) is 42.5 Å². The van der Waals surface area contributed by atoms with Crippen LogP contribution in [0.25, 0.3) is 0 Å². The molecular weight excluding hydrogens is 306 g/mol. The van der Waals surface area contributed by atoms with Gasteiger partial charge in [0.25, 0.3) is 0 Å². The fraction of sp³-hybridized carbons (Fsp3) is 0.167. The van der Waals surface area contributed by atoms with E-state index >= 15 is 0 Å². The molecule has 0 atom stereocenters. The second-order valence-corrected chi connectivity index (χ2v) is 5.72. The number of hydrogen-bond donors (Lipinski definition) is 2. The van der Waals surface area contributed by atoms with Crippen LogP contribution in [-0.4, -0.2) is 23.2 Å². The molecule has 0 spiro atoms. The maximum atomic E-state index is 11.9. The SMILES string of the molecule is O=C1CC(=NNC(=S)NCCc2ccccc2)c2ccccc21. The summed E-state index contributed by atoms with van der Waals surface area (Å²) >= 11 is 5.22. The van der Waals surface area contributed by atoms with Gasteiger partial charge in [-0.05, 0) is 24.2 Å². The van der Waals surface area contributed by atoms with E-state index in [1.165, 1.54) is 5.56 Å². The fourth-order valence-electron chi connectivity index (χ4n) is 2.54. The lowest BCUT2D eigenvalue weighted by molar-refractivity contribution is 0.101. The van der Waals surface area contributed by atoms with Crippen LogP contribution in [-0.2, 0) is 6.42 Å². The van der Waals surface area contributed by atoms with Crippen molar-refractivity contribution in [1.29, 1.82) is 0 Å². The number of benzene rings is 2. The number of nitrogens with one attached hydrogen (secondary N) is 2. The molecule has 1 aliphatic rings. The summed E-state index contributed by atoms with van der Waals surface area (Å²) < 4.78 is 0. The number of carbonyl (C=O) groups excluding carboxylic acids is 1. The highest BCUT2D eigenvalue weighted by Crippen LogP contribution is 2.21. The minimum Gasteiger partial charge on any atom is -0.361 e. The summed E-state index contributed by atoms with van der Waals surface area (Å²) in [5, 5.41) is 7.86. The minimum atomic E-state index is 0.101. The number of Topliss-reactive ketones (excluding diaryl/α,β-unsaturated/α-hetero) is 1. The van der Waals surface area contributed by atoms with E-state index < -0.39 is 0 Å². The molecule has 0 fully saturated rings. The highest BCUT2D eigenvalue weighted by Gasteiger charge is 2.24. The van der Waals surface area contributed by atoms with E-state index in [0.29, 0.717) is 11.5 Å². The van der Waals surface area contributed by atoms with Crippen molar-refractivity contribution in [3.05, 3.63) is 71.3 Å². The van der Waals surface area contributed by atoms with E-state index in [2.05, 4.69) is 28.0 Å². The van der Waals surface area contributed by atoms with Crippen molar-refractivity contribution in [3.8, 4) is 0 Å². The molecule has 0 aliphatic heterocycles. The highest BCUT2D eigenvalue weighted by molar-refractivity contribution is 7.80. The van der Waals surface area contributed by atoms with E-state index in [1.54, 1.807) is 0 Å². The lowest BCUT2D eigenvalue weighted by Crippen LogP contribution is -2.34. The molecule has 0 unspecified atom stereocenters. The first kappa shape index (κ1) is 15.4. The summed E-state index contributed by atoms with van der Waals surface area (Å²) in [6.45, 7) is 0.732. The van der Waals surface area contributed by atoms with Crippen LogP contribution < -0.4 is 10.7 Å². The number of thiocarbonyl (C=S) groups is 1. The molecule has 2 aromatic rings. The predicted octanol–water partition coefficient (Wildman–Crippen LogP) is 2.68. The number of hydrazone groups is 1. The Hall–Kier alpha value is -2.53. The Kier molecular flexibility index (Phi) is 4.78. The average molecular weight is 323 g/mol. The highest BCUT2D eigenvalue weighted by atomic mass is 32.1. The van der Waals surface area contributed by atoms with Gasteiger partial charge in [0.05, 0.1) is 12.1 Å². The van der Waals surface area contributed by atoms with Gasteiger partial charge in [-0.1, -0.05) is 54.6 Å². The monoisotopic (exact) mass is 323 g/mol. The predicted molar refractivity (Wildman–Crippen MR) is 95.8 cm³/mol. The summed E-state index contributed by atoms with van der Waals surface area (Å²) in [5.41, 5.74) is 6.44. The van der Waals surface area contributed by atoms with Gasteiger partial charge in [-0.25, -0.2) is 0 Å². The van der Waals surface area contributed by atoms with Gasteiger partial charge in [0.2, 0.25) is 0 Å². The summed E-state index contributed by atoms with van der Waals surface area (Å²) in [7, 11) is 0. The van der Waals surface area contributed by atoms with Crippen molar-refractivity contribution >= 4 is 28.8 Å². The number of hydrogen-bond acceptors (Lipinski definition) is 3. The molecule has 0 saturated carbocycles. The number of rotatable bonds is 4. The van der Waals surface area contributed by atoms with Crippen LogP contribution in [0.1, 0.15) is 27.9 Å². The van der Waals surface area contributed by atoms with Gasteiger partial charge in [0.1, 0.15) is 0 Å². The summed E-state index contributed by atoms with van der Waals surface area (Å²) in [6.07, 6.45) is 1.21. The lowest BCUT2D eigenvalue weighted by Gasteiger charge is -2.08. The summed E-state index contributed by atoms with van der Waals surface area (Å²) in [6, 6.07) is 17.7. The van der Waals surface area contributed by atoms with Crippen molar-refractivity contribution in [2.75, 3.05) is 6.54 Å². The average Bonchev–Trinajstić information content (AvgIpc) is 2.91. The summed E-state index contributed by atoms with van der Waals surface area (Å²) in [4.78, 5) is 11.9. The van der Waals surface area contributed by atoms with Crippen LogP contribution in [0.4, 0.5) is 0 Å². The standard InChI is InChI=1S/C18H17N3OS/c22-17-12-16(14-8-4-5-9-15(14)17)20-21-18(23)19-11-10-13-6-2-1-3-7-13/h1-9H,10-12H2,(H2,19,21,23). The van der Waals surface area contributed by atoms with E-state index in [9.17, 15) is 4.79 Å². The van der Waals surface area contributed by atoms with Crippen LogP contribution in [0.2, 0.25) is 0 Å². The third-order valence-corrected chi connectivity index (χ3v) is 3.94. The zero-order valence-corrected chi connectivity index (χ0v) is 13.4. The van der Waals surface area contributed by atoms with Gasteiger partial charge >= 0.3 is 0 Å². The normalized spacial score (nSPS) is 14.6. The first-order valence-corrected chi connectivity index (χ1v) is 7.92. The van der Waals surface area contributed by atoms with Crippen molar-refractivity contribution in [3.63, 3.8) is 0 Å². The van der Waals surface area contributed by atoms with Gasteiger partial charge < -0.3 is 5.32 Å². The molecule has 2 N–H and O–H groups in total. The number of nitrogens with zero attached hydrogens (tertiary/aromatic N) is 1. The molecule has 5 heteroatoms. The Balaban J connectivity index is 1.52. The molecule has 2 aromatic carbocycles. The van der Waals surface area contributed by atoms with E-state index in [0.717, 1.165) is 29.8 Å². The maximum absolute atomic E-state index is 11.9. The molecule has 0 radical (unpaired) electrons. The van der Waals surface area contributed by atoms with Crippen LogP contribution in [0.15, 0.2) is 59.7 Å². The maximum Gasteiger partial charge on any atom is 0.186 e. The van der Waals surface area contributed by atoms with Gasteiger partial charge in [-0.15, -0.1) is 0 Å². The van der Waals surface area contributed by atoms with E-state index in [-0.39, 0.29) is 5.78 Å². The molecule has 0 bridgehead atoms. The molecule has 0 saturated heterocycles. The molecule has 0 heterocycles. The van der Waals surface area contributed by atoms with Crippen molar-refractivity contribution < 1.29 is 4.79 Å². The molecule has 23 heavy (non-hydrogen) atoms. The van der Waals surface area contributed by atoms with Gasteiger partial charge in [-0.2, -0.15) is 5.10 Å². The fourth-order valence-corrected chi connectivity index (χ4v) is 2.69. The second kappa shape index (κ2) is 7.15. The zero-order valence-electron chi connectivity index (χ0n) is 12.6. The second-order valence-electron chi connectivity index (χ2n) is 5.31. The van der Waals surface area contributed by atoms with Crippen LogP contribution in [0.5, 0.6) is 0 Å². The Bertz CT molecular complexity index is 756. The zero-order chi connectivity index (χ0) is 16.1. The Morgan fingerprint density at radius 2 is 1.74 bits per heavy atom. The number of ketones is 1.